The Balaban J connectivity index is 1.92. The van der Waals surface area contributed by atoms with Crippen LogP contribution in [0.4, 0.5) is 13.9 Å². The summed E-state index contributed by atoms with van der Waals surface area (Å²) in [5.41, 5.74) is 0.632. The fourth-order valence-corrected chi connectivity index (χ4v) is 4.74. The molecule has 1 saturated heterocycles. The summed E-state index contributed by atoms with van der Waals surface area (Å²) in [5, 5.41) is 11.1. The van der Waals surface area contributed by atoms with Crippen LogP contribution in [0.2, 0.25) is 0 Å². The number of amides is 1. The van der Waals surface area contributed by atoms with E-state index in [1.54, 1.807) is 20.8 Å². The quantitative estimate of drug-likeness (QED) is 0.234. The number of aryl methyl sites for hydroxylation is 2. The number of esters is 1. The maximum absolute atomic E-state index is 14.2. The molecule has 2 heterocycles. The molecule has 0 aliphatic carbocycles. The molecule has 10 heteroatoms. The van der Waals surface area contributed by atoms with E-state index >= 15 is 0 Å². The predicted octanol–water partition coefficient (Wildman–Crippen LogP) is 4.84. The van der Waals surface area contributed by atoms with Gasteiger partial charge in [-0.05, 0) is 50.1 Å². The Morgan fingerprint density at radius 1 is 1.14 bits per heavy atom. The third-order valence-electron chi connectivity index (χ3n) is 5.53. The molecule has 4 rings (SSSR count). The number of ether oxygens (including phenoxy) is 1. The van der Waals surface area contributed by atoms with Crippen molar-refractivity contribution < 1.29 is 33.0 Å². The molecule has 1 fully saturated rings. The molecule has 0 radical (unpaired) electrons. The van der Waals surface area contributed by atoms with E-state index in [4.69, 9.17) is 4.74 Å². The molecule has 3 aromatic rings. The van der Waals surface area contributed by atoms with Crippen LogP contribution in [0.5, 0.6) is 0 Å². The normalized spacial score (nSPS) is 17.2. The molecule has 0 spiro atoms. The molecule has 1 aliphatic heterocycles. The largest absolute Gasteiger partial charge is 0.507 e. The van der Waals surface area contributed by atoms with E-state index in [1.165, 1.54) is 24.3 Å². The van der Waals surface area contributed by atoms with Crippen molar-refractivity contribution >= 4 is 39.9 Å². The van der Waals surface area contributed by atoms with Gasteiger partial charge in [-0.1, -0.05) is 35.6 Å². The van der Waals surface area contributed by atoms with E-state index in [-0.39, 0.29) is 27.8 Å². The van der Waals surface area contributed by atoms with Crippen LogP contribution in [-0.2, 0) is 14.3 Å². The summed E-state index contributed by atoms with van der Waals surface area (Å²) >= 11 is 0.855. The molecule has 0 saturated carbocycles. The molecular formula is C25H20F2N2O5S. The van der Waals surface area contributed by atoms with Gasteiger partial charge in [0, 0.05) is 5.56 Å². The van der Waals surface area contributed by atoms with E-state index in [0.29, 0.717) is 16.8 Å². The van der Waals surface area contributed by atoms with Crippen LogP contribution in [-0.4, -0.2) is 34.4 Å². The number of halogens is 2. The lowest BCUT2D eigenvalue weighted by Gasteiger charge is -2.23. The lowest BCUT2D eigenvalue weighted by atomic mass is 9.95. The molecule has 1 amide bonds. The van der Waals surface area contributed by atoms with E-state index in [9.17, 15) is 28.3 Å². The van der Waals surface area contributed by atoms with Crippen LogP contribution >= 0.6 is 11.3 Å². The summed E-state index contributed by atoms with van der Waals surface area (Å²) in [7, 11) is 0. The van der Waals surface area contributed by atoms with Gasteiger partial charge in [0.05, 0.1) is 23.9 Å². The van der Waals surface area contributed by atoms with Gasteiger partial charge >= 0.3 is 11.9 Å². The summed E-state index contributed by atoms with van der Waals surface area (Å²) in [6.07, 6.45) is 0. The maximum Gasteiger partial charge on any atom is 0.350 e. The van der Waals surface area contributed by atoms with Gasteiger partial charge in [-0.25, -0.2) is 18.6 Å². The number of thiazole rings is 1. The van der Waals surface area contributed by atoms with E-state index < -0.39 is 41.1 Å². The summed E-state index contributed by atoms with van der Waals surface area (Å²) in [5.74, 6) is -4.38. The third kappa shape index (κ3) is 4.32. The van der Waals surface area contributed by atoms with Crippen molar-refractivity contribution in [2.24, 2.45) is 0 Å². The Morgan fingerprint density at radius 3 is 2.46 bits per heavy atom. The molecule has 0 unspecified atom stereocenters. The zero-order valence-corrected chi connectivity index (χ0v) is 19.8. The van der Waals surface area contributed by atoms with Gasteiger partial charge in [0.1, 0.15) is 22.3 Å². The minimum atomic E-state index is -1.19. The lowest BCUT2D eigenvalue weighted by Crippen LogP contribution is -2.29. The Hall–Kier alpha value is -3.92. The number of nitrogens with zero attached hydrogens (tertiary/aromatic N) is 2. The van der Waals surface area contributed by atoms with Gasteiger partial charge in [0.2, 0.25) is 0 Å². The van der Waals surface area contributed by atoms with Gasteiger partial charge in [0.15, 0.2) is 5.13 Å². The van der Waals surface area contributed by atoms with E-state index in [0.717, 1.165) is 34.4 Å². The van der Waals surface area contributed by atoms with Crippen molar-refractivity contribution in [3.05, 3.63) is 86.9 Å². The van der Waals surface area contributed by atoms with Crippen molar-refractivity contribution in [3.63, 3.8) is 0 Å². The fourth-order valence-electron chi connectivity index (χ4n) is 3.76. The molecular weight excluding hydrogens is 478 g/mol. The molecule has 1 aliphatic rings. The molecule has 7 nitrogen and oxygen atoms in total. The highest BCUT2D eigenvalue weighted by molar-refractivity contribution is 7.17. The molecule has 1 N–H and O–H groups in total. The zero-order valence-electron chi connectivity index (χ0n) is 19.0. The molecule has 1 aromatic heterocycles. The lowest BCUT2D eigenvalue weighted by molar-refractivity contribution is -0.132. The van der Waals surface area contributed by atoms with Crippen LogP contribution in [0.1, 0.15) is 45.0 Å². The Morgan fingerprint density at radius 2 is 1.83 bits per heavy atom. The van der Waals surface area contributed by atoms with Crippen LogP contribution in [0.15, 0.2) is 48.0 Å². The van der Waals surface area contributed by atoms with Crippen molar-refractivity contribution in [1.29, 1.82) is 0 Å². The number of ketones is 1. The molecule has 180 valence electrons. The van der Waals surface area contributed by atoms with Gasteiger partial charge in [0.25, 0.3) is 5.78 Å². The predicted molar refractivity (Wildman–Crippen MR) is 125 cm³/mol. The Labute approximate surface area is 203 Å². The number of rotatable bonds is 5. The number of Topliss-reactive ketones (excluding diaryl/α,β-unsaturated/α-hetero) is 1. The molecule has 35 heavy (non-hydrogen) atoms. The smallest absolute Gasteiger partial charge is 0.350 e. The first-order valence-corrected chi connectivity index (χ1v) is 11.4. The van der Waals surface area contributed by atoms with Crippen molar-refractivity contribution in [3.8, 4) is 0 Å². The highest BCUT2D eigenvalue weighted by atomic mass is 32.1. The van der Waals surface area contributed by atoms with Crippen molar-refractivity contribution in [2.75, 3.05) is 11.5 Å². The van der Waals surface area contributed by atoms with Crippen LogP contribution in [0.3, 0.4) is 0 Å². The summed E-state index contributed by atoms with van der Waals surface area (Å²) < 4.78 is 32.9. The van der Waals surface area contributed by atoms with Crippen LogP contribution in [0, 0.1) is 25.5 Å². The number of benzene rings is 2. The second-order valence-corrected chi connectivity index (χ2v) is 8.79. The monoisotopic (exact) mass is 498 g/mol. The minimum Gasteiger partial charge on any atom is -0.507 e. The first-order valence-electron chi connectivity index (χ1n) is 10.6. The Bertz CT molecular complexity index is 1380. The average molecular weight is 499 g/mol. The highest BCUT2D eigenvalue weighted by Crippen LogP contribution is 2.44. The summed E-state index contributed by atoms with van der Waals surface area (Å²) in [6, 6.07) is 7.77. The maximum atomic E-state index is 14.2. The van der Waals surface area contributed by atoms with Gasteiger partial charge in [-0.2, -0.15) is 0 Å². The van der Waals surface area contributed by atoms with E-state index in [2.05, 4.69) is 4.98 Å². The SMILES string of the molecule is CCOC(=O)c1sc(N2C(=O)C(=O)C(=C(O)c3ccc(C)c(F)c3)[C@@H]2c2ccc(F)cc2)nc1C. The van der Waals surface area contributed by atoms with Crippen LogP contribution < -0.4 is 4.90 Å². The number of hydrogen-bond donors (Lipinski definition) is 1. The van der Waals surface area contributed by atoms with Crippen LogP contribution in [0.25, 0.3) is 5.76 Å². The summed E-state index contributed by atoms with van der Waals surface area (Å²) in [6.45, 7) is 4.89. The summed E-state index contributed by atoms with van der Waals surface area (Å²) in [4.78, 5) is 44.1. The number of hydrogen-bond acceptors (Lipinski definition) is 7. The first kappa shape index (κ1) is 24.2. The number of aliphatic hydroxyl groups excluding tert-OH is 1. The number of aromatic nitrogens is 1. The van der Waals surface area contributed by atoms with Gasteiger partial charge in [-0.3, -0.25) is 14.5 Å². The molecule has 0 bridgehead atoms. The average Bonchev–Trinajstić information content (AvgIpc) is 3.33. The zero-order chi connectivity index (χ0) is 25.4. The number of aliphatic hydroxyl groups is 1. The number of anilines is 1. The first-order chi connectivity index (χ1) is 16.6. The van der Waals surface area contributed by atoms with Gasteiger partial charge in [-0.15, -0.1) is 0 Å². The van der Waals surface area contributed by atoms with Gasteiger partial charge < -0.3 is 9.84 Å². The van der Waals surface area contributed by atoms with Crippen molar-refractivity contribution in [2.45, 2.75) is 26.8 Å². The van der Waals surface area contributed by atoms with E-state index in [1.807, 2.05) is 0 Å². The second kappa shape index (κ2) is 9.38. The second-order valence-electron chi connectivity index (χ2n) is 7.82. The Kier molecular flexibility index (Phi) is 6.49. The number of carbonyl (C=O) groups is 3. The number of carbonyl (C=O) groups excluding carboxylic acids is 3. The standard InChI is InChI=1S/C25H20F2N2O5S/c1-4-34-24(33)22-13(3)28-25(35-22)29-19(14-7-9-16(26)10-8-14)18(21(31)23(29)32)20(30)15-6-5-12(2)17(27)11-15/h5-11,19,30H,4H2,1-3H3/t19-/m0/s1. The highest BCUT2D eigenvalue weighted by Gasteiger charge is 2.48. The topological polar surface area (TPSA) is 96.8 Å². The fraction of sp³-hybridized carbons (Fsp3) is 0.200. The minimum absolute atomic E-state index is 0.000689. The molecule has 2 aromatic carbocycles. The third-order valence-corrected chi connectivity index (χ3v) is 6.66. The molecule has 1 atom stereocenters. The van der Waals surface area contributed by atoms with Crippen molar-refractivity contribution in [1.82, 2.24) is 4.98 Å².